The van der Waals surface area contributed by atoms with E-state index in [4.69, 9.17) is 9.47 Å². The van der Waals surface area contributed by atoms with Gasteiger partial charge in [-0.05, 0) is 19.1 Å². The molecule has 1 aliphatic rings. The molecule has 6 nitrogen and oxygen atoms in total. The van der Waals surface area contributed by atoms with Gasteiger partial charge in [-0.25, -0.2) is 4.98 Å². The number of benzene rings is 1. The van der Waals surface area contributed by atoms with E-state index in [1.165, 1.54) is 0 Å². The summed E-state index contributed by atoms with van der Waals surface area (Å²) in [5.41, 5.74) is 1.79. The van der Waals surface area contributed by atoms with Crippen molar-refractivity contribution in [3.8, 4) is 11.6 Å². The van der Waals surface area contributed by atoms with Gasteiger partial charge < -0.3 is 20.1 Å². The number of nitrogens with zero attached hydrogens (tertiary/aromatic N) is 1. The van der Waals surface area contributed by atoms with E-state index in [1.54, 1.807) is 19.4 Å². The third kappa shape index (κ3) is 3.59. The fraction of sp³-hybridized carbons (Fsp3) is 0.333. The number of methoxy groups -OCH3 is 1. The number of hydrogen-bond acceptors (Lipinski definition) is 5. The van der Waals surface area contributed by atoms with E-state index in [0.29, 0.717) is 12.5 Å². The minimum atomic E-state index is -0.379. The minimum Gasteiger partial charge on any atom is -0.493 e. The molecule has 0 aliphatic carbocycles. The average molecular weight is 327 g/mol. The Bertz CT molecular complexity index is 703. The lowest BCUT2D eigenvalue weighted by molar-refractivity contribution is -0.122. The number of carbonyl (C=O) groups is 1. The van der Waals surface area contributed by atoms with Crippen LogP contribution in [0.5, 0.6) is 11.6 Å². The third-order valence-corrected chi connectivity index (χ3v) is 4.00. The van der Waals surface area contributed by atoms with Crippen LogP contribution in [0.15, 0.2) is 42.6 Å². The predicted molar refractivity (Wildman–Crippen MR) is 91.3 cm³/mol. The standard InChI is InChI=1S/C18H21N3O3/c1-12(20-13-7-8-17(23-2)19-11-13)18(22)21-15-9-10-24-16-6-4-3-5-14(15)16/h3-8,11-12,15,20H,9-10H2,1-2H3,(H,21,22)/t12-,15+/m1/s1. The zero-order valence-electron chi connectivity index (χ0n) is 13.8. The maximum Gasteiger partial charge on any atom is 0.242 e. The van der Waals surface area contributed by atoms with Crippen LogP contribution < -0.4 is 20.1 Å². The molecule has 0 fully saturated rings. The van der Waals surface area contributed by atoms with Crippen molar-refractivity contribution in [2.45, 2.75) is 25.4 Å². The number of carbonyl (C=O) groups excluding carboxylic acids is 1. The van der Waals surface area contributed by atoms with Crippen molar-refractivity contribution in [1.82, 2.24) is 10.3 Å². The van der Waals surface area contributed by atoms with Crippen LogP contribution in [0.1, 0.15) is 24.9 Å². The summed E-state index contributed by atoms with van der Waals surface area (Å²) in [4.78, 5) is 16.6. The molecule has 1 aromatic carbocycles. The second kappa shape index (κ2) is 7.21. The van der Waals surface area contributed by atoms with Crippen molar-refractivity contribution in [2.75, 3.05) is 19.0 Å². The lowest BCUT2D eigenvalue weighted by Gasteiger charge is -2.28. The quantitative estimate of drug-likeness (QED) is 0.883. The van der Waals surface area contributed by atoms with Crippen LogP contribution >= 0.6 is 0 Å². The Morgan fingerprint density at radius 2 is 2.17 bits per heavy atom. The predicted octanol–water partition coefficient (Wildman–Crippen LogP) is 2.53. The number of amides is 1. The Kier molecular flexibility index (Phi) is 4.84. The van der Waals surface area contributed by atoms with E-state index in [2.05, 4.69) is 15.6 Å². The maximum atomic E-state index is 12.5. The van der Waals surface area contributed by atoms with Crippen molar-refractivity contribution in [3.05, 3.63) is 48.2 Å². The Morgan fingerprint density at radius 3 is 2.92 bits per heavy atom. The van der Waals surface area contributed by atoms with E-state index in [1.807, 2.05) is 37.3 Å². The van der Waals surface area contributed by atoms with E-state index < -0.39 is 0 Å². The molecule has 0 radical (unpaired) electrons. The molecule has 126 valence electrons. The normalized spacial score (nSPS) is 17.2. The topological polar surface area (TPSA) is 72.5 Å². The second-order valence-corrected chi connectivity index (χ2v) is 5.69. The van der Waals surface area contributed by atoms with Crippen LogP contribution in [0.2, 0.25) is 0 Å². The van der Waals surface area contributed by atoms with Crippen molar-refractivity contribution in [3.63, 3.8) is 0 Å². The fourth-order valence-corrected chi connectivity index (χ4v) is 2.69. The van der Waals surface area contributed by atoms with Gasteiger partial charge in [0.1, 0.15) is 11.8 Å². The molecule has 0 saturated carbocycles. The molecule has 6 heteroatoms. The third-order valence-electron chi connectivity index (χ3n) is 4.00. The van der Waals surface area contributed by atoms with Gasteiger partial charge in [-0.3, -0.25) is 4.79 Å². The number of fused-ring (bicyclic) bond motifs is 1. The largest absolute Gasteiger partial charge is 0.493 e. The second-order valence-electron chi connectivity index (χ2n) is 5.69. The van der Waals surface area contributed by atoms with Crippen molar-refractivity contribution in [2.24, 2.45) is 0 Å². The minimum absolute atomic E-state index is 0.0271. The first-order chi connectivity index (χ1) is 11.7. The molecule has 0 spiro atoms. The summed E-state index contributed by atoms with van der Waals surface area (Å²) in [6.45, 7) is 2.43. The average Bonchev–Trinajstić information content (AvgIpc) is 2.62. The molecular weight excluding hydrogens is 306 g/mol. The lowest BCUT2D eigenvalue weighted by Crippen LogP contribution is -2.41. The highest BCUT2D eigenvalue weighted by Crippen LogP contribution is 2.31. The number of para-hydroxylation sites is 1. The molecule has 2 N–H and O–H groups in total. The van der Waals surface area contributed by atoms with Gasteiger partial charge in [0, 0.05) is 18.1 Å². The first-order valence-electron chi connectivity index (χ1n) is 7.96. The Labute approximate surface area is 141 Å². The summed E-state index contributed by atoms with van der Waals surface area (Å²) >= 11 is 0. The molecular formula is C18H21N3O3. The first kappa shape index (κ1) is 16.1. The van der Waals surface area contributed by atoms with Gasteiger partial charge in [-0.1, -0.05) is 18.2 Å². The molecule has 1 amide bonds. The van der Waals surface area contributed by atoms with Crippen LogP contribution in [-0.4, -0.2) is 30.6 Å². The van der Waals surface area contributed by atoms with Gasteiger partial charge in [-0.15, -0.1) is 0 Å². The lowest BCUT2D eigenvalue weighted by atomic mass is 10.0. The van der Waals surface area contributed by atoms with Crippen molar-refractivity contribution < 1.29 is 14.3 Å². The molecule has 0 saturated heterocycles. The fourth-order valence-electron chi connectivity index (χ4n) is 2.69. The first-order valence-corrected chi connectivity index (χ1v) is 7.96. The van der Waals surface area contributed by atoms with Crippen molar-refractivity contribution >= 4 is 11.6 Å². The highest BCUT2D eigenvalue weighted by Gasteiger charge is 2.24. The summed E-state index contributed by atoms with van der Waals surface area (Å²) in [6, 6.07) is 11.0. The Balaban J connectivity index is 1.62. The van der Waals surface area contributed by atoms with Gasteiger partial charge in [0.05, 0.1) is 31.6 Å². The Hall–Kier alpha value is -2.76. The number of nitrogens with one attached hydrogen (secondary N) is 2. The maximum absolute atomic E-state index is 12.5. The van der Waals surface area contributed by atoms with Crippen LogP contribution in [0.25, 0.3) is 0 Å². The van der Waals surface area contributed by atoms with Gasteiger partial charge >= 0.3 is 0 Å². The van der Waals surface area contributed by atoms with Crippen LogP contribution in [-0.2, 0) is 4.79 Å². The molecule has 2 aromatic rings. The molecule has 2 atom stereocenters. The monoisotopic (exact) mass is 327 g/mol. The van der Waals surface area contributed by atoms with Gasteiger partial charge in [0.2, 0.25) is 11.8 Å². The molecule has 1 aliphatic heterocycles. The van der Waals surface area contributed by atoms with E-state index >= 15 is 0 Å². The zero-order chi connectivity index (χ0) is 16.9. The number of rotatable bonds is 5. The molecule has 0 unspecified atom stereocenters. The van der Waals surface area contributed by atoms with Crippen LogP contribution in [0.4, 0.5) is 5.69 Å². The molecule has 24 heavy (non-hydrogen) atoms. The molecule has 2 heterocycles. The number of pyridine rings is 1. The summed E-state index contributed by atoms with van der Waals surface area (Å²) < 4.78 is 10.7. The Morgan fingerprint density at radius 1 is 1.33 bits per heavy atom. The summed E-state index contributed by atoms with van der Waals surface area (Å²) in [5.74, 6) is 1.32. The number of aromatic nitrogens is 1. The smallest absolute Gasteiger partial charge is 0.242 e. The highest BCUT2D eigenvalue weighted by molar-refractivity contribution is 5.84. The van der Waals surface area contributed by atoms with Crippen LogP contribution in [0.3, 0.4) is 0 Å². The van der Waals surface area contributed by atoms with Gasteiger partial charge in [-0.2, -0.15) is 0 Å². The number of anilines is 1. The van der Waals surface area contributed by atoms with E-state index in [-0.39, 0.29) is 18.0 Å². The SMILES string of the molecule is COc1ccc(N[C@H](C)C(=O)N[C@H]2CCOc3ccccc32)cn1. The zero-order valence-corrected chi connectivity index (χ0v) is 13.8. The summed E-state index contributed by atoms with van der Waals surface area (Å²) in [5, 5.41) is 6.24. The van der Waals surface area contributed by atoms with Crippen molar-refractivity contribution in [1.29, 1.82) is 0 Å². The summed E-state index contributed by atoms with van der Waals surface area (Å²) in [6.07, 6.45) is 2.41. The number of ether oxygens (including phenoxy) is 2. The molecule has 1 aromatic heterocycles. The van der Waals surface area contributed by atoms with Crippen LogP contribution in [0, 0.1) is 0 Å². The molecule has 3 rings (SSSR count). The van der Waals surface area contributed by atoms with Gasteiger partial charge in [0.25, 0.3) is 0 Å². The number of hydrogen-bond donors (Lipinski definition) is 2. The summed E-state index contributed by atoms with van der Waals surface area (Å²) in [7, 11) is 1.57. The molecule has 0 bridgehead atoms. The van der Waals surface area contributed by atoms with E-state index in [9.17, 15) is 4.79 Å². The van der Waals surface area contributed by atoms with E-state index in [0.717, 1.165) is 23.4 Å². The highest BCUT2D eigenvalue weighted by atomic mass is 16.5. The van der Waals surface area contributed by atoms with Gasteiger partial charge in [0.15, 0.2) is 0 Å².